The Morgan fingerprint density at radius 3 is 2.15 bits per heavy atom. The topological polar surface area (TPSA) is 84.9 Å². The first-order chi connectivity index (χ1) is 16.0. The predicted octanol–water partition coefficient (Wildman–Crippen LogP) is 3.65. The zero-order valence-electron chi connectivity index (χ0n) is 18.7. The molecule has 3 aromatic carbocycles. The van der Waals surface area contributed by atoms with Crippen LogP contribution in [0.3, 0.4) is 0 Å². The number of amides is 1. The van der Waals surface area contributed by atoms with Crippen molar-refractivity contribution >= 4 is 21.6 Å². The third-order valence-electron chi connectivity index (χ3n) is 5.07. The van der Waals surface area contributed by atoms with Gasteiger partial charge in [-0.15, -0.1) is 0 Å². The Hall–Kier alpha value is -3.52. The van der Waals surface area contributed by atoms with Crippen LogP contribution in [0.5, 0.6) is 11.5 Å². The van der Waals surface area contributed by atoms with Crippen LogP contribution in [0.25, 0.3) is 0 Å². The van der Waals surface area contributed by atoms with Crippen LogP contribution >= 0.6 is 0 Å². The van der Waals surface area contributed by atoms with Crippen LogP contribution < -0.4 is 19.1 Å². The molecule has 3 rings (SSSR count). The summed E-state index contributed by atoms with van der Waals surface area (Å²) >= 11 is 0. The van der Waals surface area contributed by atoms with Gasteiger partial charge in [-0.25, -0.2) is 8.42 Å². The van der Waals surface area contributed by atoms with Crippen molar-refractivity contribution in [1.82, 2.24) is 5.32 Å². The number of carbonyl (C=O) groups is 1. The molecule has 0 saturated heterocycles. The second kappa shape index (κ2) is 11.4. The molecule has 1 N–H and O–H groups in total. The first-order valence-electron chi connectivity index (χ1n) is 10.6. The van der Waals surface area contributed by atoms with E-state index in [0.717, 1.165) is 16.3 Å². The predicted molar refractivity (Wildman–Crippen MR) is 128 cm³/mol. The van der Waals surface area contributed by atoms with E-state index in [-0.39, 0.29) is 17.3 Å². The number of methoxy groups -OCH3 is 2. The monoisotopic (exact) mass is 468 g/mol. The van der Waals surface area contributed by atoms with E-state index in [1.165, 1.54) is 12.1 Å². The van der Waals surface area contributed by atoms with Crippen molar-refractivity contribution in [2.75, 3.05) is 31.6 Å². The molecule has 0 unspecified atom stereocenters. The fourth-order valence-corrected chi connectivity index (χ4v) is 4.81. The molecule has 0 aliphatic heterocycles. The van der Waals surface area contributed by atoms with Crippen molar-refractivity contribution < 1.29 is 22.7 Å². The van der Waals surface area contributed by atoms with Gasteiger partial charge in [0.2, 0.25) is 5.91 Å². The molecular formula is C25H28N2O5S. The van der Waals surface area contributed by atoms with E-state index in [4.69, 9.17) is 9.47 Å². The van der Waals surface area contributed by atoms with Crippen LogP contribution in [0, 0.1) is 0 Å². The lowest BCUT2D eigenvalue weighted by atomic mass is 10.1. The maximum absolute atomic E-state index is 13.2. The van der Waals surface area contributed by atoms with Crippen LogP contribution in [0.4, 0.5) is 5.69 Å². The average molecular weight is 469 g/mol. The van der Waals surface area contributed by atoms with Gasteiger partial charge in [0.05, 0.1) is 24.8 Å². The summed E-state index contributed by atoms with van der Waals surface area (Å²) in [6.45, 7) is 0.110. The number of sulfonamides is 1. The Kier molecular flexibility index (Phi) is 8.32. The number of ether oxygens (including phenoxy) is 2. The molecule has 0 radical (unpaired) electrons. The lowest BCUT2D eigenvalue weighted by Crippen LogP contribution is -2.41. The maximum atomic E-state index is 13.2. The lowest BCUT2D eigenvalue weighted by molar-refractivity contribution is -0.119. The third kappa shape index (κ3) is 6.26. The van der Waals surface area contributed by atoms with Gasteiger partial charge in [0.15, 0.2) is 11.5 Å². The summed E-state index contributed by atoms with van der Waals surface area (Å²) in [5, 5.41) is 2.83. The van der Waals surface area contributed by atoms with E-state index in [9.17, 15) is 13.2 Å². The molecule has 174 valence electrons. The summed E-state index contributed by atoms with van der Waals surface area (Å²) < 4.78 is 38.1. The molecule has 3 aromatic rings. The Balaban J connectivity index is 1.62. The number of nitrogens with one attached hydrogen (secondary N) is 1. The highest BCUT2D eigenvalue weighted by Crippen LogP contribution is 2.28. The number of rotatable bonds is 11. The SMILES string of the molecule is COc1ccc(CCCNC(=O)CN(c2ccccc2)S(=O)(=O)c2ccccc2)cc1OC. The van der Waals surface area contributed by atoms with E-state index in [2.05, 4.69) is 5.32 Å². The Bertz CT molecular complexity index is 1150. The van der Waals surface area contributed by atoms with Crippen molar-refractivity contribution in [2.45, 2.75) is 17.7 Å². The molecule has 8 heteroatoms. The van der Waals surface area contributed by atoms with Crippen molar-refractivity contribution in [3.63, 3.8) is 0 Å². The summed E-state index contributed by atoms with van der Waals surface area (Å²) in [4.78, 5) is 12.8. The van der Waals surface area contributed by atoms with Gasteiger partial charge in [0.25, 0.3) is 10.0 Å². The van der Waals surface area contributed by atoms with E-state index in [1.807, 2.05) is 18.2 Å². The third-order valence-corrected chi connectivity index (χ3v) is 6.86. The molecule has 1 amide bonds. The molecule has 0 atom stereocenters. The summed E-state index contributed by atoms with van der Waals surface area (Å²) in [5.74, 6) is 0.949. The highest BCUT2D eigenvalue weighted by molar-refractivity contribution is 7.92. The second-order valence-electron chi connectivity index (χ2n) is 7.30. The highest BCUT2D eigenvalue weighted by Gasteiger charge is 2.26. The average Bonchev–Trinajstić information content (AvgIpc) is 2.86. The van der Waals surface area contributed by atoms with Gasteiger partial charge in [-0.3, -0.25) is 9.10 Å². The highest BCUT2D eigenvalue weighted by atomic mass is 32.2. The largest absolute Gasteiger partial charge is 0.493 e. The molecule has 0 aliphatic carbocycles. The molecule has 7 nitrogen and oxygen atoms in total. The van der Waals surface area contributed by atoms with Gasteiger partial charge < -0.3 is 14.8 Å². The van der Waals surface area contributed by atoms with E-state index in [0.29, 0.717) is 30.2 Å². The van der Waals surface area contributed by atoms with Crippen molar-refractivity contribution in [3.8, 4) is 11.5 Å². The van der Waals surface area contributed by atoms with E-state index < -0.39 is 10.0 Å². The molecule has 0 bridgehead atoms. The van der Waals surface area contributed by atoms with E-state index in [1.54, 1.807) is 62.8 Å². The number of hydrogen-bond donors (Lipinski definition) is 1. The Morgan fingerprint density at radius 2 is 1.52 bits per heavy atom. The van der Waals surface area contributed by atoms with Crippen molar-refractivity contribution in [1.29, 1.82) is 0 Å². The van der Waals surface area contributed by atoms with Gasteiger partial charge in [-0.1, -0.05) is 42.5 Å². The Morgan fingerprint density at radius 1 is 0.879 bits per heavy atom. The number of hydrogen-bond acceptors (Lipinski definition) is 5. The van der Waals surface area contributed by atoms with Crippen LogP contribution in [0.15, 0.2) is 83.8 Å². The number of nitrogens with zero attached hydrogens (tertiary/aromatic N) is 1. The Labute approximate surface area is 195 Å². The maximum Gasteiger partial charge on any atom is 0.264 e. The summed E-state index contributed by atoms with van der Waals surface area (Å²) in [6.07, 6.45) is 1.42. The molecule has 0 saturated carbocycles. The van der Waals surface area contributed by atoms with Gasteiger partial charge in [-0.05, 0) is 54.8 Å². The molecule has 33 heavy (non-hydrogen) atoms. The van der Waals surface area contributed by atoms with Crippen LogP contribution in [0.2, 0.25) is 0 Å². The fraction of sp³-hybridized carbons (Fsp3) is 0.240. The molecule has 0 fully saturated rings. The zero-order valence-corrected chi connectivity index (χ0v) is 19.5. The minimum atomic E-state index is -3.89. The van der Waals surface area contributed by atoms with Gasteiger partial charge in [-0.2, -0.15) is 0 Å². The van der Waals surface area contributed by atoms with Gasteiger partial charge >= 0.3 is 0 Å². The number of aryl methyl sites for hydroxylation is 1. The minimum Gasteiger partial charge on any atom is -0.493 e. The van der Waals surface area contributed by atoms with Crippen LogP contribution in [0.1, 0.15) is 12.0 Å². The number of carbonyl (C=O) groups excluding carboxylic acids is 1. The first kappa shape index (κ1) is 24.1. The van der Waals surface area contributed by atoms with Crippen molar-refractivity contribution in [2.24, 2.45) is 0 Å². The first-order valence-corrected chi connectivity index (χ1v) is 12.0. The molecule has 0 aromatic heterocycles. The summed E-state index contributed by atoms with van der Waals surface area (Å²) in [6, 6.07) is 22.4. The van der Waals surface area contributed by atoms with Crippen LogP contribution in [-0.4, -0.2) is 41.6 Å². The molecule has 0 spiro atoms. The zero-order chi connectivity index (χ0) is 23.7. The molecule has 0 aliphatic rings. The second-order valence-corrected chi connectivity index (χ2v) is 9.17. The molecule has 0 heterocycles. The summed E-state index contributed by atoms with van der Waals surface area (Å²) in [7, 11) is -0.716. The van der Waals surface area contributed by atoms with Gasteiger partial charge in [0, 0.05) is 6.54 Å². The quantitative estimate of drug-likeness (QED) is 0.434. The van der Waals surface area contributed by atoms with Crippen LogP contribution in [-0.2, 0) is 21.2 Å². The normalized spacial score (nSPS) is 11.0. The minimum absolute atomic E-state index is 0.134. The number of para-hydroxylation sites is 1. The smallest absolute Gasteiger partial charge is 0.264 e. The number of benzene rings is 3. The van der Waals surface area contributed by atoms with Gasteiger partial charge in [0.1, 0.15) is 6.54 Å². The fourth-order valence-electron chi connectivity index (χ4n) is 3.37. The van der Waals surface area contributed by atoms with E-state index >= 15 is 0 Å². The number of anilines is 1. The molecular weight excluding hydrogens is 440 g/mol. The van der Waals surface area contributed by atoms with Crippen molar-refractivity contribution in [3.05, 3.63) is 84.4 Å². The lowest BCUT2D eigenvalue weighted by Gasteiger charge is -2.24. The summed E-state index contributed by atoms with van der Waals surface area (Å²) in [5.41, 5.74) is 1.49. The standard InChI is InChI=1S/C25H28N2O5S/c1-31-23-16-15-20(18-24(23)32-2)10-9-17-26-25(28)19-27(21-11-5-3-6-12-21)33(29,30)22-13-7-4-8-14-22/h3-8,11-16,18H,9-10,17,19H2,1-2H3,(H,26,28).